The Hall–Kier alpha value is -3.91. The zero-order chi connectivity index (χ0) is 25.8. The highest BCUT2D eigenvalue weighted by Gasteiger charge is 2.55. The number of aromatic hydroxyl groups is 2. The molecule has 0 fully saturated rings. The molecule has 5 rings (SSSR count). The summed E-state index contributed by atoms with van der Waals surface area (Å²) < 4.78 is 13.1. The Morgan fingerprint density at radius 2 is 1.92 bits per heavy atom. The molecule has 3 aromatic rings. The second kappa shape index (κ2) is 8.64. The topological polar surface area (TPSA) is 106 Å². The van der Waals surface area contributed by atoms with E-state index in [-0.39, 0.29) is 28.6 Å². The fraction of sp³-hybridized carbons (Fsp3) is 0.321. The summed E-state index contributed by atoms with van der Waals surface area (Å²) in [7, 11) is 1.64. The van der Waals surface area contributed by atoms with Gasteiger partial charge in [0.15, 0.2) is 5.78 Å². The minimum Gasteiger partial charge on any atom is -0.507 e. The summed E-state index contributed by atoms with van der Waals surface area (Å²) >= 11 is 0. The van der Waals surface area contributed by atoms with Gasteiger partial charge in [0.1, 0.15) is 28.4 Å². The number of phenols is 2. The normalized spacial score (nSPS) is 18.4. The highest BCUT2D eigenvalue weighted by atomic mass is 16.5. The summed E-state index contributed by atoms with van der Waals surface area (Å²) in [6.45, 7) is 8.04. The van der Waals surface area contributed by atoms with Gasteiger partial charge in [-0.3, -0.25) is 9.79 Å². The van der Waals surface area contributed by atoms with Crippen LogP contribution in [0.3, 0.4) is 0 Å². The maximum Gasteiger partial charge on any atom is 0.185 e. The maximum atomic E-state index is 14.1. The van der Waals surface area contributed by atoms with Gasteiger partial charge in [-0.25, -0.2) is 4.68 Å². The first-order chi connectivity index (χ1) is 17.2. The number of carbonyl (C=O) groups is 1. The molecule has 0 saturated heterocycles. The number of nitrogens with zero attached hydrogens (tertiary/aromatic N) is 3. The Bertz CT molecular complexity index is 1450. The zero-order valence-electron chi connectivity index (χ0n) is 21.0. The average molecular weight is 488 g/mol. The van der Waals surface area contributed by atoms with Crippen LogP contribution in [0.2, 0.25) is 0 Å². The van der Waals surface area contributed by atoms with Crippen LogP contribution in [0.1, 0.15) is 58.7 Å². The van der Waals surface area contributed by atoms with Crippen LogP contribution in [-0.2, 0) is 10.2 Å². The van der Waals surface area contributed by atoms with Crippen LogP contribution in [0.15, 0.2) is 41.1 Å². The summed E-state index contributed by atoms with van der Waals surface area (Å²) in [6.07, 6.45) is 2.53. The molecule has 8 nitrogen and oxygen atoms in total. The third-order valence-electron chi connectivity index (χ3n) is 7.11. The van der Waals surface area contributed by atoms with Crippen molar-refractivity contribution in [3.05, 3.63) is 69.7 Å². The monoisotopic (exact) mass is 487 g/mol. The van der Waals surface area contributed by atoms with Gasteiger partial charge in [0.2, 0.25) is 0 Å². The van der Waals surface area contributed by atoms with Crippen LogP contribution < -0.4 is 4.74 Å². The lowest BCUT2D eigenvalue weighted by molar-refractivity contribution is 0.0905. The standard InChI is InChI=1S/C28H29N3O5/c1-15-24(32)22(16(2)29-12-9-13-35-5)26-23(25(15)33)28(4)20(36-26)14-19-21(27(28)34)17(3)30-31(19)18-10-7-6-8-11-18/h6-8,10-11,14,32-33H,9,12-13H2,1-5H3. The number of aliphatic imine (C=N–C) groups is 1. The van der Waals surface area contributed by atoms with E-state index in [1.165, 1.54) is 0 Å². The average Bonchev–Trinajstić information content (AvgIpc) is 3.36. The number of benzene rings is 2. The number of aryl methyl sites for hydroxylation is 1. The highest BCUT2D eigenvalue weighted by Crippen LogP contribution is 2.58. The summed E-state index contributed by atoms with van der Waals surface area (Å²) in [5, 5.41) is 26.8. The van der Waals surface area contributed by atoms with E-state index in [0.717, 1.165) is 12.1 Å². The van der Waals surface area contributed by atoms with Gasteiger partial charge in [-0.1, -0.05) is 18.2 Å². The Kier molecular flexibility index (Phi) is 5.71. The van der Waals surface area contributed by atoms with E-state index in [9.17, 15) is 15.0 Å². The van der Waals surface area contributed by atoms with Crippen molar-refractivity contribution in [2.75, 3.05) is 20.3 Å². The molecule has 1 unspecified atom stereocenters. The van der Waals surface area contributed by atoms with E-state index in [1.54, 1.807) is 39.5 Å². The van der Waals surface area contributed by atoms with Gasteiger partial charge in [-0.05, 0) is 46.2 Å². The molecular formula is C28H29N3O5. The summed E-state index contributed by atoms with van der Waals surface area (Å²) in [4.78, 5) is 18.7. The Balaban J connectivity index is 1.70. The van der Waals surface area contributed by atoms with Crippen LogP contribution in [0.5, 0.6) is 17.2 Å². The lowest BCUT2D eigenvalue weighted by Gasteiger charge is -2.27. The van der Waals surface area contributed by atoms with Crippen LogP contribution in [0, 0.1) is 13.8 Å². The van der Waals surface area contributed by atoms with Crippen molar-refractivity contribution in [2.24, 2.45) is 4.99 Å². The SMILES string of the molecule is COCCCN=C(C)c1c(O)c(C)c(O)c2c1OC1=Cc3c(c(C)nn3-c3ccccc3)C(=O)C12C. The molecule has 8 heteroatoms. The van der Waals surface area contributed by atoms with Crippen LogP contribution in [-0.4, -0.2) is 51.7 Å². The van der Waals surface area contributed by atoms with E-state index in [2.05, 4.69) is 10.1 Å². The minimum atomic E-state index is -1.27. The quantitative estimate of drug-likeness (QED) is 0.388. The molecule has 0 spiro atoms. The first-order valence-electron chi connectivity index (χ1n) is 11.9. The zero-order valence-corrected chi connectivity index (χ0v) is 21.0. The summed E-state index contributed by atoms with van der Waals surface area (Å²) in [5.41, 5.74) is 2.80. The molecule has 2 N–H and O–H groups in total. The van der Waals surface area contributed by atoms with E-state index in [4.69, 9.17) is 9.47 Å². The molecule has 0 amide bonds. The van der Waals surface area contributed by atoms with Crippen LogP contribution in [0.25, 0.3) is 11.8 Å². The summed E-state index contributed by atoms with van der Waals surface area (Å²) in [5.74, 6) is 0.149. The first kappa shape index (κ1) is 23.8. The Morgan fingerprint density at radius 3 is 2.61 bits per heavy atom. The third kappa shape index (κ3) is 3.28. The number of Topliss-reactive ketones (excluding diaryl/α,β-unsaturated/α-hetero) is 1. The van der Waals surface area contributed by atoms with Gasteiger partial charge >= 0.3 is 0 Å². The van der Waals surface area contributed by atoms with E-state index in [1.807, 2.05) is 36.4 Å². The number of ether oxygens (including phenoxy) is 2. The number of methoxy groups -OCH3 is 1. The predicted molar refractivity (Wildman–Crippen MR) is 137 cm³/mol. The van der Waals surface area contributed by atoms with Gasteiger partial charge in [-0.15, -0.1) is 0 Å². The fourth-order valence-corrected chi connectivity index (χ4v) is 5.10. The molecule has 0 bridgehead atoms. The van der Waals surface area contributed by atoms with Gasteiger partial charge < -0.3 is 19.7 Å². The number of phenolic OH excluding ortho intramolecular Hbond substituents is 2. The first-order valence-corrected chi connectivity index (χ1v) is 11.9. The van der Waals surface area contributed by atoms with E-state index < -0.39 is 5.41 Å². The number of rotatable bonds is 6. The highest BCUT2D eigenvalue weighted by molar-refractivity contribution is 6.15. The predicted octanol–water partition coefficient (Wildman–Crippen LogP) is 4.63. The van der Waals surface area contributed by atoms with Gasteiger partial charge in [0.05, 0.1) is 33.8 Å². The van der Waals surface area contributed by atoms with E-state index >= 15 is 0 Å². The minimum absolute atomic E-state index is 0.112. The fourth-order valence-electron chi connectivity index (χ4n) is 5.10. The molecule has 1 aliphatic carbocycles. The lowest BCUT2D eigenvalue weighted by Crippen LogP contribution is -2.36. The van der Waals surface area contributed by atoms with Gasteiger partial charge in [0, 0.05) is 37.6 Å². The van der Waals surface area contributed by atoms with Crippen molar-refractivity contribution in [1.82, 2.24) is 9.78 Å². The molecule has 1 aromatic heterocycles. The van der Waals surface area contributed by atoms with Crippen LogP contribution >= 0.6 is 0 Å². The number of fused-ring (bicyclic) bond motifs is 4. The molecule has 1 aliphatic heterocycles. The van der Waals surface area contributed by atoms with Crippen molar-refractivity contribution < 1.29 is 24.5 Å². The molecule has 0 saturated carbocycles. The van der Waals surface area contributed by atoms with Crippen molar-refractivity contribution in [2.45, 2.75) is 39.5 Å². The lowest BCUT2D eigenvalue weighted by atomic mass is 9.71. The molecule has 36 heavy (non-hydrogen) atoms. The number of aromatic nitrogens is 2. The number of allylic oxidation sites excluding steroid dienone is 1. The maximum absolute atomic E-state index is 14.1. The molecule has 2 aromatic carbocycles. The van der Waals surface area contributed by atoms with Gasteiger partial charge in [-0.2, -0.15) is 5.10 Å². The van der Waals surface area contributed by atoms with Crippen molar-refractivity contribution in [1.29, 1.82) is 0 Å². The molecular weight excluding hydrogens is 458 g/mol. The Morgan fingerprint density at radius 1 is 1.19 bits per heavy atom. The number of carbonyl (C=O) groups excluding carboxylic acids is 1. The Labute approximate surface area is 209 Å². The second-order valence-corrected chi connectivity index (χ2v) is 9.37. The van der Waals surface area contributed by atoms with Crippen molar-refractivity contribution in [3.8, 4) is 22.9 Å². The van der Waals surface area contributed by atoms with Crippen LogP contribution in [0.4, 0.5) is 0 Å². The second-order valence-electron chi connectivity index (χ2n) is 9.37. The third-order valence-corrected chi connectivity index (χ3v) is 7.11. The molecule has 2 aliphatic rings. The van der Waals surface area contributed by atoms with Crippen molar-refractivity contribution in [3.63, 3.8) is 0 Å². The molecule has 2 heterocycles. The van der Waals surface area contributed by atoms with Gasteiger partial charge in [0.25, 0.3) is 0 Å². The van der Waals surface area contributed by atoms with Crippen molar-refractivity contribution >= 4 is 17.6 Å². The van der Waals surface area contributed by atoms with E-state index in [0.29, 0.717) is 52.7 Å². The number of para-hydroxylation sites is 1. The summed E-state index contributed by atoms with van der Waals surface area (Å²) in [6, 6.07) is 9.58. The molecule has 0 radical (unpaired) electrons. The molecule has 1 atom stereocenters. The number of ketones is 1. The number of hydrogen-bond acceptors (Lipinski definition) is 7. The number of hydrogen-bond donors (Lipinski definition) is 2. The molecule has 186 valence electrons. The smallest absolute Gasteiger partial charge is 0.185 e. The largest absolute Gasteiger partial charge is 0.507 e.